The molecular weight excluding hydrogens is 369 g/mol. The number of carbonyl (C=O) groups is 2. The van der Waals surface area contributed by atoms with Gasteiger partial charge in [-0.2, -0.15) is 0 Å². The molecule has 126 valence electrons. The van der Waals surface area contributed by atoms with E-state index in [0.29, 0.717) is 40.2 Å². The van der Waals surface area contributed by atoms with Crippen molar-refractivity contribution < 1.29 is 14.7 Å². The highest BCUT2D eigenvalue weighted by molar-refractivity contribution is 7.20. The highest BCUT2D eigenvalue weighted by Crippen LogP contribution is 2.37. The first kappa shape index (κ1) is 17.3. The first-order valence-electron chi connectivity index (χ1n) is 7.47. The number of aliphatic carboxylic acids is 1. The molecule has 1 aromatic heterocycles. The third-order valence-electron chi connectivity index (χ3n) is 4.53. The largest absolute Gasteiger partial charge is 0.481 e. The van der Waals surface area contributed by atoms with E-state index in [1.54, 1.807) is 11.0 Å². The van der Waals surface area contributed by atoms with Crippen molar-refractivity contribution in [3.8, 4) is 0 Å². The zero-order valence-corrected chi connectivity index (χ0v) is 15.0. The molecule has 2 aromatic rings. The lowest BCUT2D eigenvalue weighted by atomic mass is 9.73. The summed E-state index contributed by atoms with van der Waals surface area (Å²) in [5.74, 6) is -1.05. The molecule has 3 rings (SSSR count). The van der Waals surface area contributed by atoms with Crippen molar-refractivity contribution in [2.45, 2.75) is 18.3 Å². The van der Waals surface area contributed by atoms with Crippen molar-refractivity contribution >= 4 is 46.4 Å². The molecule has 0 spiro atoms. The summed E-state index contributed by atoms with van der Waals surface area (Å²) in [6.07, 6.45) is 0.737. The van der Waals surface area contributed by atoms with E-state index in [1.165, 1.54) is 0 Å². The number of rotatable bonds is 3. The van der Waals surface area contributed by atoms with Gasteiger partial charge >= 0.3 is 5.97 Å². The Morgan fingerprint density at radius 2 is 1.75 bits per heavy atom. The average Bonchev–Trinajstić information content (AvgIpc) is 2.93. The van der Waals surface area contributed by atoms with Crippen LogP contribution in [0.4, 0.5) is 0 Å². The molecule has 1 aromatic carbocycles. The fraction of sp³-hybridized carbons (Fsp3) is 0.294. The molecule has 1 aliphatic heterocycles. The van der Waals surface area contributed by atoms with Gasteiger partial charge in [0.05, 0.1) is 15.3 Å². The molecular formula is C17H15Cl2NO3S. The topological polar surface area (TPSA) is 57.6 Å². The number of benzene rings is 1. The minimum absolute atomic E-state index is 0.199. The molecule has 4 nitrogen and oxygen atoms in total. The SMILES string of the molecule is O=C(c1cc(Cl)sc1Cl)N1CCC(C(=O)O)(c2ccccc2)CC1. The molecule has 0 bridgehead atoms. The van der Waals surface area contributed by atoms with Crippen LogP contribution in [-0.4, -0.2) is 35.0 Å². The second kappa shape index (κ2) is 6.75. The highest BCUT2D eigenvalue weighted by atomic mass is 35.5. The summed E-state index contributed by atoms with van der Waals surface area (Å²) in [6, 6.07) is 10.8. The van der Waals surface area contributed by atoms with Crippen LogP contribution < -0.4 is 0 Å². The molecule has 1 saturated heterocycles. The number of carboxylic acid groups (broad SMARTS) is 1. The molecule has 2 heterocycles. The Bertz CT molecular complexity index is 767. The van der Waals surface area contributed by atoms with E-state index in [0.717, 1.165) is 16.9 Å². The van der Waals surface area contributed by atoms with Gasteiger partial charge in [-0.1, -0.05) is 53.5 Å². The molecule has 0 aliphatic carbocycles. The van der Waals surface area contributed by atoms with Gasteiger partial charge in [0, 0.05) is 13.1 Å². The van der Waals surface area contributed by atoms with E-state index < -0.39 is 11.4 Å². The summed E-state index contributed by atoms with van der Waals surface area (Å²) in [5, 5.41) is 9.79. The standard InChI is InChI=1S/C17H15Cl2NO3S/c18-13-10-12(14(19)24-13)15(21)20-8-6-17(7-9-20,16(22)23)11-4-2-1-3-5-11/h1-5,10H,6-9H2,(H,22,23). The predicted molar refractivity (Wildman–Crippen MR) is 95.2 cm³/mol. The first-order valence-corrected chi connectivity index (χ1v) is 9.04. The van der Waals surface area contributed by atoms with Crippen molar-refractivity contribution in [3.05, 3.63) is 56.2 Å². The molecule has 0 unspecified atom stereocenters. The normalized spacial score (nSPS) is 16.8. The molecule has 7 heteroatoms. The molecule has 24 heavy (non-hydrogen) atoms. The van der Waals surface area contributed by atoms with Crippen LogP contribution in [0.1, 0.15) is 28.8 Å². The van der Waals surface area contributed by atoms with E-state index in [2.05, 4.69) is 0 Å². The van der Waals surface area contributed by atoms with Gasteiger partial charge in [-0.15, -0.1) is 11.3 Å². The fourth-order valence-corrected chi connectivity index (χ4v) is 4.58. The van der Waals surface area contributed by atoms with Gasteiger partial charge < -0.3 is 10.0 Å². The van der Waals surface area contributed by atoms with Crippen molar-refractivity contribution in [1.82, 2.24) is 4.90 Å². The quantitative estimate of drug-likeness (QED) is 0.858. The minimum Gasteiger partial charge on any atom is -0.481 e. The number of nitrogens with zero attached hydrogens (tertiary/aromatic N) is 1. The van der Waals surface area contributed by atoms with Crippen LogP contribution in [0.15, 0.2) is 36.4 Å². The maximum absolute atomic E-state index is 12.6. The molecule has 1 N–H and O–H groups in total. The van der Waals surface area contributed by atoms with Gasteiger partial charge in [0.15, 0.2) is 0 Å². The Labute approximate surface area is 153 Å². The molecule has 0 radical (unpaired) electrons. The second-order valence-electron chi connectivity index (χ2n) is 5.78. The van der Waals surface area contributed by atoms with Crippen molar-refractivity contribution in [1.29, 1.82) is 0 Å². The summed E-state index contributed by atoms with van der Waals surface area (Å²) >= 11 is 13.1. The van der Waals surface area contributed by atoms with Crippen LogP contribution in [0.2, 0.25) is 8.67 Å². The summed E-state index contributed by atoms with van der Waals surface area (Å²) < 4.78 is 0.827. The van der Waals surface area contributed by atoms with Crippen LogP contribution in [0.3, 0.4) is 0 Å². The van der Waals surface area contributed by atoms with E-state index in [9.17, 15) is 14.7 Å². The number of hydrogen-bond acceptors (Lipinski definition) is 3. The number of piperidine rings is 1. The molecule has 0 atom stereocenters. The third kappa shape index (κ3) is 3.04. The van der Waals surface area contributed by atoms with Crippen LogP contribution in [0.5, 0.6) is 0 Å². The minimum atomic E-state index is -0.950. The maximum atomic E-state index is 12.6. The Morgan fingerprint density at radius 3 is 2.25 bits per heavy atom. The van der Waals surface area contributed by atoms with Crippen LogP contribution in [-0.2, 0) is 10.2 Å². The van der Waals surface area contributed by atoms with E-state index in [1.807, 2.05) is 30.3 Å². The second-order valence-corrected chi connectivity index (χ2v) is 8.07. The lowest BCUT2D eigenvalue weighted by Gasteiger charge is -2.39. The zero-order chi connectivity index (χ0) is 17.3. The predicted octanol–water partition coefficient (Wildman–Crippen LogP) is 4.31. The van der Waals surface area contributed by atoms with E-state index in [4.69, 9.17) is 23.2 Å². The number of carboxylic acids is 1. The fourth-order valence-electron chi connectivity index (χ4n) is 3.13. The zero-order valence-electron chi connectivity index (χ0n) is 12.7. The van der Waals surface area contributed by atoms with Gasteiger partial charge in [0.25, 0.3) is 5.91 Å². The van der Waals surface area contributed by atoms with Crippen LogP contribution in [0.25, 0.3) is 0 Å². The van der Waals surface area contributed by atoms with Crippen LogP contribution in [0, 0.1) is 0 Å². The Hall–Kier alpha value is -1.56. The number of hydrogen-bond donors (Lipinski definition) is 1. The summed E-state index contributed by atoms with van der Waals surface area (Å²) in [6.45, 7) is 0.730. The van der Waals surface area contributed by atoms with Gasteiger partial charge in [0.2, 0.25) is 0 Å². The number of carbonyl (C=O) groups excluding carboxylic acids is 1. The Kier molecular flexibility index (Phi) is 4.85. The number of thiophene rings is 1. The molecule has 1 fully saturated rings. The van der Waals surface area contributed by atoms with E-state index >= 15 is 0 Å². The van der Waals surface area contributed by atoms with Crippen molar-refractivity contribution in [3.63, 3.8) is 0 Å². The van der Waals surface area contributed by atoms with Gasteiger partial charge in [-0.25, -0.2) is 0 Å². The highest BCUT2D eigenvalue weighted by Gasteiger charge is 2.44. The third-order valence-corrected chi connectivity index (χ3v) is 6.01. The van der Waals surface area contributed by atoms with E-state index in [-0.39, 0.29) is 5.91 Å². The Morgan fingerprint density at radius 1 is 1.12 bits per heavy atom. The summed E-state index contributed by atoms with van der Waals surface area (Å²) in [7, 11) is 0. The van der Waals surface area contributed by atoms with Gasteiger partial charge in [0.1, 0.15) is 4.34 Å². The lowest BCUT2D eigenvalue weighted by molar-refractivity contribution is -0.145. The monoisotopic (exact) mass is 383 g/mol. The van der Waals surface area contributed by atoms with Crippen molar-refractivity contribution in [2.75, 3.05) is 13.1 Å². The summed E-state index contributed by atoms with van der Waals surface area (Å²) in [4.78, 5) is 26.2. The molecule has 1 aliphatic rings. The Balaban J connectivity index is 1.80. The van der Waals surface area contributed by atoms with Crippen molar-refractivity contribution in [2.24, 2.45) is 0 Å². The number of amides is 1. The smallest absolute Gasteiger partial charge is 0.314 e. The first-order chi connectivity index (χ1) is 11.4. The van der Waals surface area contributed by atoms with Gasteiger partial charge in [-0.3, -0.25) is 9.59 Å². The van der Waals surface area contributed by atoms with Crippen LogP contribution >= 0.6 is 34.5 Å². The molecule has 0 saturated carbocycles. The molecule has 1 amide bonds. The van der Waals surface area contributed by atoms with Gasteiger partial charge in [-0.05, 0) is 24.5 Å². The maximum Gasteiger partial charge on any atom is 0.314 e. The summed E-state index contributed by atoms with van der Waals surface area (Å²) in [5.41, 5.74) is 0.212. The lowest BCUT2D eigenvalue weighted by Crippen LogP contribution is -2.49. The number of likely N-dealkylation sites (tertiary alicyclic amines) is 1. The number of halogens is 2. The average molecular weight is 384 g/mol.